The summed E-state index contributed by atoms with van der Waals surface area (Å²) in [6, 6.07) is 28.0. The van der Waals surface area contributed by atoms with Crippen molar-refractivity contribution in [2.24, 2.45) is 0 Å². The van der Waals surface area contributed by atoms with E-state index in [4.69, 9.17) is 27.9 Å². The molecule has 1 atom stereocenters. The minimum Gasteiger partial charge on any atom is -0.497 e. The third-order valence-corrected chi connectivity index (χ3v) is 5.60. The molecule has 4 heteroatoms. The number of benzene rings is 3. The predicted molar refractivity (Wildman–Crippen MR) is 104 cm³/mol. The summed E-state index contributed by atoms with van der Waals surface area (Å²) in [4.78, 5) is 2.04. The first-order chi connectivity index (χ1) is 12.1. The summed E-state index contributed by atoms with van der Waals surface area (Å²) < 4.78 is 4.21. The Bertz CT molecular complexity index is 865. The van der Waals surface area contributed by atoms with Crippen molar-refractivity contribution in [2.45, 2.75) is 10.00 Å². The van der Waals surface area contributed by atoms with Crippen LogP contribution in [0.3, 0.4) is 0 Å². The Labute approximate surface area is 157 Å². The van der Waals surface area contributed by atoms with E-state index < -0.39 is 10.00 Å². The van der Waals surface area contributed by atoms with Crippen LogP contribution in [0.5, 0.6) is 5.75 Å². The fraction of sp³-hybridized carbons (Fsp3) is 0.143. The van der Waals surface area contributed by atoms with Crippen molar-refractivity contribution in [3.05, 3.63) is 96.1 Å². The molecular formula is C21H17Cl2NO. The highest BCUT2D eigenvalue weighted by Gasteiger charge is 2.76. The lowest BCUT2D eigenvalue weighted by atomic mass is 9.90. The monoisotopic (exact) mass is 369 g/mol. The average Bonchev–Trinajstić information content (AvgIpc) is 3.20. The molecule has 25 heavy (non-hydrogen) atoms. The lowest BCUT2D eigenvalue weighted by Gasteiger charge is -2.19. The van der Waals surface area contributed by atoms with Crippen LogP contribution in [0.25, 0.3) is 0 Å². The minimum atomic E-state index is -1.08. The zero-order valence-electron chi connectivity index (χ0n) is 13.7. The van der Waals surface area contributed by atoms with Gasteiger partial charge in [0.2, 0.25) is 4.46 Å². The van der Waals surface area contributed by atoms with E-state index in [9.17, 15) is 0 Å². The molecule has 0 N–H and O–H groups in total. The molecule has 3 aromatic rings. The van der Waals surface area contributed by atoms with Gasteiger partial charge < -0.3 is 9.64 Å². The van der Waals surface area contributed by atoms with Crippen molar-refractivity contribution in [3.8, 4) is 5.75 Å². The Hall–Kier alpha value is -2.16. The van der Waals surface area contributed by atoms with Gasteiger partial charge in [-0.25, -0.2) is 0 Å². The van der Waals surface area contributed by atoms with Crippen molar-refractivity contribution in [3.63, 3.8) is 0 Å². The van der Waals surface area contributed by atoms with E-state index in [-0.39, 0.29) is 0 Å². The number of nitrogens with zero attached hydrogens (tertiary/aromatic N) is 1. The van der Waals surface area contributed by atoms with Gasteiger partial charge in [0.15, 0.2) is 0 Å². The molecule has 2 nitrogen and oxygen atoms in total. The molecule has 3 aromatic carbocycles. The highest BCUT2D eigenvalue weighted by Crippen LogP contribution is 2.68. The molecule has 0 aliphatic carbocycles. The molecule has 4 rings (SSSR count). The van der Waals surface area contributed by atoms with E-state index in [0.717, 1.165) is 22.6 Å². The SMILES string of the molecule is COc1ccc(C2(c3ccccc3)N(c3ccccc3)C2(Cl)Cl)cc1. The molecule has 1 aliphatic rings. The van der Waals surface area contributed by atoms with E-state index in [1.807, 2.05) is 77.7 Å². The Morgan fingerprint density at radius 2 is 1.24 bits per heavy atom. The third kappa shape index (κ3) is 2.32. The molecule has 1 heterocycles. The van der Waals surface area contributed by atoms with Gasteiger partial charge >= 0.3 is 0 Å². The van der Waals surface area contributed by atoms with Crippen LogP contribution >= 0.6 is 23.2 Å². The van der Waals surface area contributed by atoms with Crippen LogP contribution in [0.2, 0.25) is 0 Å². The number of rotatable bonds is 4. The quantitative estimate of drug-likeness (QED) is 0.337. The second kappa shape index (κ2) is 5.98. The fourth-order valence-corrected chi connectivity index (χ4v) is 4.49. The smallest absolute Gasteiger partial charge is 0.223 e. The molecule has 1 unspecified atom stereocenters. The summed E-state index contributed by atoms with van der Waals surface area (Å²) in [7, 11) is 1.66. The van der Waals surface area contributed by atoms with Gasteiger partial charge in [0.05, 0.1) is 7.11 Å². The highest BCUT2D eigenvalue weighted by molar-refractivity contribution is 6.54. The van der Waals surface area contributed by atoms with Gasteiger partial charge in [-0.15, -0.1) is 0 Å². The molecule has 0 radical (unpaired) electrons. The van der Waals surface area contributed by atoms with Crippen molar-refractivity contribution < 1.29 is 4.74 Å². The fourth-order valence-electron chi connectivity index (χ4n) is 3.52. The van der Waals surface area contributed by atoms with Crippen molar-refractivity contribution in [1.29, 1.82) is 0 Å². The maximum atomic E-state index is 6.87. The Balaban J connectivity index is 1.92. The van der Waals surface area contributed by atoms with Crippen LogP contribution in [-0.2, 0) is 5.54 Å². The van der Waals surface area contributed by atoms with Gasteiger partial charge in [0.1, 0.15) is 11.3 Å². The summed E-state index contributed by atoms with van der Waals surface area (Å²) in [5.41, 5.74) is 2.40. The van der Waals surface area contributed by atoms with Crippen LogP contribution < -0.4 is 9.64 Å². The predicted octanol–water partition coefficient (Wildman–Crippen LogP) is 5.59. The molecule has 0 amide bonds. The molecule has 0 spiro atoms. The number of anilines is 1. The average molecular weight is 370 g/mol. The minimum absolute atomic E-state index is 0.648. The van der Waals surface area contributed by atoms with Gasteiger partial charge in [-0.3, -0.25) is 0 Å². The Morgan fingerprint density at radius 1 is 0.720 bits per heavy atom. The number of methoxy groups -OCH3 is 1. The number of para-hydroxylation sites is 1. The van der Waals surface area contributed by atoms with Crippen LogP contribution in [0.4, 0.5) is 5.69 Å². The van der Waals surface area contributed by atoms with E-state index in [2.05, 4.69) is 12.1 Å². The number of hydrogen-bond donors (Lipinski definition) is 0. The van der Waals surface area contributed by atoms with Gasteiger partial charge in [-0.05, 0) is 35.4 Å². The normalized spacial score (nSPS) is 21.0. The van der Waals surface area contributed by atoms with Gasteiger partial charge in [0.25, 0.3) is 0 Å². The van der Waals surface area contributed by atoms with Gasteiger partial charge in [0, 0.05) is 5.69 Å². The summed E-state index contributed by atoms with van der Waals surface area (Å²) in [6.07, 6.45) is 0. The number of alkyl halides is 2. The Morgan fingerprint density at radius 3 is 1.80 bits per heavy atom. The summed E-state index contributed by atoms with van der Waals surface area (Å²) >= 11 is 13.7. The second-order valence-electron chi connectivity index (χ2n) is 6.02. The van der Waals surface area contributed by atoms with E-state index in [1.165, 1.54) is 0 Å². The molecule has 126 valence electrons. The second-order valence-corrected chi connectivity index (χ2v) is 7.30. The Kier molecular flexibility index (Phi) is 3.90. The largest absolute Gasteiger partial charge is 0.497 e. The maximum absolute atomic E-state index is 6.87. The topological polar surface area (TPSA) is 12.2 Å². The van der Waals surface area contributed by atoms with Crippen molar-refractivity contribution in [1.82, 2.24) is 0 Å². The standard InChI is InChI=1S/C21H17Cl2NO/c1-25-19-14-12-17(13-15-19)20(16-8-4-2-5-9-16)21(22,23)24(20)18-10-6-3-7-11-18/h2-15H,1H3. The summed E-state index contributed by atoms with van der Waals surface area (Å²) in [6.45, 7) is 0. The summed E-state index contributed by atoms with van der Waals surface area (Å²) in [5, 5.41) is 0. The number of hydrogen-bond acceptors (Lipinski definition) is 2. The van der Waals surface area contributed by atoms with E-state index in [1.54, 1.807) is 7.11 Å². The number of ether oxygens (including phenoxy) is 1. The first-order valence-electron chi connectivity index (χ1n) is 8.05. The zero-order valence-corrected chi connectivity index (χ0v) is 15.2. The zero-order chi connectivity index (χ0) is 17.5. The molecule has 0 aromatic heterocycles. The van der Waals surface area contributed by atoms with Gasteiger partial charge in [-0.1, -0.05) is 83.9 Å². The first-order valence-corrected chi connectivity index (χ1v) is 8.81. The molecular weight excluding hydrogens is 353 g/mol. The van der Waals surface area contributed by atoms with Crippen LogP contribution in [0, 0.1) is 0 Å². The van der Waals surface area contributed by atoms with Crippen molar-refractivity contribution >= 4 is 28.9 Å². The highest BCUT2D eigenvalue weighted by atomic mass is 35.5. The number of halogens is 2. The molecule has 0 saturated carbocycles. The maximum Gasteiger partial charge on any atom is 0.223 e. The van der Waals surface area contributed by atoms with Gasteiger partial charge in [-0.2, -0.15) is 0 Å². The lowest BCUT2D eigenvalue weighted by Crippen LogP contribution is -2.19. The molecule has 0 bridgehead atoms. The molecule has 1 saturated heterocycles. The van der Waals surface area contributed by atoms with Crippen LogP contribution in [0.1, 0.15) is 11.1 Å². The molecule has 1 aliphatic heterocycles. The third-order valence-electron chi connectivity index (χ3n) is 4.72. The van der Waals surface area contributed by atoms with Crippen LogP contribution in [0.15, 0.2) is 84.9 Å². The van der Waals surface area contributed by atoms with E-state index in [0.29, 0.717) is 0 Å². The summed E-state index contributed by atoms with van der Waals surface area (Å²) in [5.74, 6) is 0.800. The van der Waals surface area contributed by atoms with Crippen molar-refractivity contribution in [2.75, 3.05) is 12.0 Å². The molecule has 1 fully saturated rings. The lowest BCUT2D eigenvalue weighted by molar-refractivity contribution is 0.414. The van der Waals surface area contributed by atoms with E-state index >= 15 is 0 Å². The first kappa shape index (κ1) is 16.3. The van der Waals surface area contributed by atoms with Crippen LogP contribution in [-0.4, -0.2) is 11.6 Å².